The largest absolute Gasteiger partial charge is 0.491 e. The average molecular weight is 370 g/mol. The molecule has 1 heterocycles. The van der Waals surface area contributed by atoms with Gasteiger partial charge in [0.2, 0.25) is 0 Å². The molecule has 1 N–H and O–H groups in total. The number of ether oxygens (including phenoxy) is 2. The molecule has 2 aromatic rings. The highest BCUT2D eigenvalue weighted by Gasteiger charge is 2.48. The zero-order chi connectivity index (χ0) is 19.4. The Morgan fingerprint density at radius 2 is 2.11 bits per heavy atom. The van der Waals surface area contributed by atoms with Crippen molar-refractivity contribution in [2.75, 3.05) is 18.5 Å². The second-order valence-electron chi connectivity index (χ2n) is 7.90. The number of nitrogens with zero attached hydrogens (tertiary/aromatic N) is 1. The first-order chi connectivity index (χ1) is 13.0. The number of hydrogen-bond acceptors (Lipinski definition) is 4. The van der Waals surface area contributed by atoms with Crippen LogP contribution in [-0.2, 0) is 9.53 Å². The molecule has 0 unspecified atom stereocenters. The molecule has 5 heteroatoms. The zero-order valence-corrected chi connectivity index (χ0v) is 16.7. The highest BCUT2D eigenvalue weighted by molar-refractivity contribution is 6.05. The van der Waals surface area contributed by atoms with Gasteiger partial charge in [-0.1, -0.05) is 20.8 Å². The Labute approximate surface area is 161 Å². The Bertz CT molecular complexity index is 801. The lowest BCUT2D eigenvalue weighted by molar-refractivity contribution is -0.142. The molecular weight excluding hydrogens is 340 g/mol. The van der Waals surface area contributed by atoms with Gasteiger partial charge in [-0.15, -0.1) is 0 Å². The smallest absolute Gasteiger partial charge is 0.256 e. The Kier molecular flexibility index (Phi) is 6.00. The van der Waals surface area contributed by atoms with Crippen LogP contribution in [0.25, 0.3) is 10.9 Å². The predicted octanol–water partition coefficient (Wildman–Crippen LogP) is 4.80. The molecule has 1 aromatic heterocycles. The van der Waals surface area contributed by atoms with E-state index in [-0.39, 0.29) is 5.91 Å². The van der Waals surface area contributed by atoms with E-state index in [0.717, 1.165) is 41.6 Å². The van der Waals surface area contributed by atoms with Gasteiger partial charge in [0.15, 0.2) is 0 Å². The molecule has 3 rings (SSSR count). The number of amides is 1. The Hall–Kier alpha value is -2.14. The second kappa shape index (κ2) is 8.26. The van der Waals surface area contributed by atoms with E-state index in [2.05, 4.69) is 31.1 Å². The van der Waals surface area contributed by atoms with Crippen molar-refractivity contribution >= 4 is 22.5 Å². The molecule has 0 spiro atoms. The van der Waals surface area contributed by atoms with Crippen LogP contribution >= 0.6 is 0 Å². The molecular formula is C22H30N2O3. The molecule has 1 aliphatic rings. The number of nitrogens with one attached hydrogen (secondary N) is 1. The maximum Gasteiger partial charge on any atom is 0.256 e. The molecule has 27 heavy (non-hydrogen) atoms. The fraction of sp³-hybridized carbons (Fsp3) is 0.545. The van der Waals surface area contributed by atoms with Gasteiger partial charge in [-0.25, -0.2) is 0 Å². The van der Waals surface area contributed by atoms with E-state index >= 15 is 0 Å². The molecule has 1 saturated carbocycles. The lowest BCUT2D eigenvalue weighted by Crippen LogP contribution is -2.45. The van der Waals surface area contributed by atoms with Gasteiger partial charge >= 0.3 is 0 Å². The fourth-order valence-corrected chi connectivity index (χ4v) is 3.19. The number of fused-ring (bicyclic) bond motifs is 1. The van der Waals surface area contributed by atoms with Gasteiger partial charge < -0.3 is 14.8 Å². The van der Waals surface area contributed by atoms with E-state index in [9.17, 15) is 4.79 Å². The van der Waals surface area contributed by atoms with Crippen LogP contribution in [-0.4, -0.2) is 29.7 Å². The minimum Gasteiger partial charge on any atom is -0.491 e. The number of pyridine rings is 1. The van der Waals surface area contributed by atoms with Crippen LogP contribution in [0.2, 0.25) is 0 Å². The predicted molar refractivity (Wildman–Crippen MR) is 108 cm³/mol. The molecule has 1 aliphatic carbocycles. The summed E-state index contributed by atoms with van der Waals surface area (Å²) in [5.74, 6) is 1.38. The molecule has 0 saturated heterocycles. The monoisotopic (exact) mass is 370 g/mol. The van der Waals surface area contributed by atoms with Crippen LogP contribution < -0.4 is 10.1 Å². The van der Waals surface area contributed by atoms with Gasteiger partial charge in [0.1, 0.15) is 16.9 Å². The number of carbonyl (C=O) groups excluding carboxylic acids is 1. The van der Waals surface area contributed by atoms with Crippen LogP contribution in [0.1, 0.15) is 47.0 Å². The van der Waals surface area contributed by atoms with Crippen molar-refractivity contribution in [1.29, 1.82) is 0 Å². The lowest BCUT2D eigenvalue weighted by Gasteiger charge is -2.29. The van der Waals surface area contributed by atoms with Crippen molar-refractivity contribution in [2.45, 2.75) is 52.6 Å². The third kappa shape index (κ3) is 4.41. The maximum atomic E-state index is 13.1. The standard InChI is InChI=1S/C22H30N2O3/c1-5-13-27-22(4,16-8-9-16)21(25)24-18-10-11-19(26-14-15(2)3)20-17(18)7-6-12-23-20/h6-7,10-12,15-16H,5,8-9,13-14H2,1-4H3,(H,24,25)/t22-/m0/s1. The van der Waals surface area contributed by atoms with Gasteiger partial charge in [-0.3, -0.25) is 9.78 Å². The summed E-state index contributed by atoms with van der Waals surface area (Å²) >= 11 is 0. The molecule has 1 fully saturated rings. The van der Waals surface area contributed by atoms with Crippen molar-refractivity contribution in [3.8, 4) is 5.75 Å². The molecule has 0 radical (unpaired) electrons. The van der Waals surface area contributed by atoms with Gasteiger partial charge in [-0.05, 0) is 62.3 Å². The highest BCUT2D eigenvalue weighted by Crippen LogP contribution is 2.43. The summed E-state index contributed by atoms with van der Waals surface area (Å²) in [5, 5.41) is 3.96. The third-order valence-electron chi connectivity index (χ3n) is 4.97. The Morgan fingerprint density at radius 1 is 1.33 bits per heavy atom. The number of benzene rings is 1. The molecule has 146 valence electrons. The van der Waals surface area contributed by atoms with Crippen molar-refractivity contribution in [1.82, 2.24) is 4.98 Å². The molecule has 5 nitrogen and oxygen atoms in total. The van der Waals surface area contributed by atoms with E-state index in [1.807, 2.05) is 31.2 Å². The second-order valence-corrected chi connectivity index (χ2v) is 7.90. The average Bonchev–Trinajstić information content (AvgIpc) is 3.51. The zero-order valence-electron chi connectivity index (χ0n) is 16.7. The van der Waals surface area contributed by atoms with Gasteiger partial charge in [0.25, 0.3) is 5.91 Å². The topological polar surface area (TPSA) is 60.5 Å². The third-order valence-corrected chi connectivity index (χ3v) is 4.97. The van der Waals surface area contributed by atoms with Gasteiger partial charge in [-0.2, -0.15) is 0 Å². The van der Waals surface area contributed by atoms with Crippen molar-refractivity contribution < 1.29 is 14.3 Å². The number of hydrogen-bond donors (Lipinski definition) is 1. The first-order valence-electron chi connectivity index (χ1n) is 9.91. The van der Waals surface area contributed by atoms with Crippen LogP contribution in [0.5, 0.6) is 5.75 Å². The molecule has 0 aliphatic heterocycles. The van der Waals surface area contributed by atoms with Gasteiger partial charge in [0, 0.05) is 18.2 Å². The van der Waals surface area contributed by atoms with Crippen molar-refractivity contribution in [2.24, 2.45) is 11.8 Å². The quantitative estimate of drug-likeness (QED) is 0.688. The van der Waals surface area contributed by atoms with Crippen LogP contribution in [0.15, 0.2) is 30.5 Å². The minimum absolute atomic E-state index is 0.0838. The van der Waals surface area contributed by atoms with E-state index in [1.54, 1.807) is 6.20 Å². The summed E-state index contributed by atoms with van der Waals surface area (Å²) in [6, 6.07) is 7.61. The molecule has 1 amide bonds. The maximum absolute atomic E-state index is 13.1. The summed E-state index contributed by atoms with van der Waals surface area (Å²) in [4.78, 5) is 17.6. The Balaban J connectivity index is 1.86. The summed E-state index contributed by atoms with van der Waals surface area (Å²) in [6.07, 6.45) is 4.72. The van der Waals surface area contributed by atoms with E-state index in [0.29, 0.717) is 25.0 Å². The molecule has 1 atom stereocenters. The number of anilines is 1. The molecule has 1 aromatic carbocycles. The SMILES string of the molecule is CCCO[C@](C)(C(=O)Nc1ccc(OCC(C)C)c2ncccc12)C1CC1. The van der Waals surface area contributed by atoms with E-state index in [4.69, 9.17) is 9.47 Å². The summed E-state index contributed by atoms with van der Waals surface area (Å²) in [6.45, 7) is 9.40. The Morgan fingerprint density at radius 3 is 2.78 bits per heavy atom. The lowest BCUT2D eigenvalue weighted by atomic mass is 9.98. The van der Waals surface area contributed by atoms with E-state index in [1.165, 1.54) is 0 Å². The van der Waals surface area contributed by atoms with Crippen LogP contribution in [0.4, 0.5) is 5.69 Å². The summed E-state index contributed by atoms with van der Waals surface area (Å²) in [7, 11) is 0. The normalized spacial score (nSPS) is 16.3. The first kappa shape index (κ1) is 19.6. The minimum atomic E-state index is -0.780. The molecule has 0 bridgehead atoms. The fourth-order valence-electron chi connectivity index (χ4n) is 3.19. The number of carbonyl (C=O) groups is 1. The van der Waals surface area contributed by atoms with Crippen LogP contribution in [0, 0.1) is 11.8 Å². The summed E-state index contributed by atoms with van der Waals surface area (Å²) in [5.41, 5.74) is 0.725. The first-order valence-corrected chi connectivity index (χ1v) is 9.91. The number of aromatic nitrogens is 1. The summed E-state index contributed by atoms with van der Waals surface area (Å²) < 4.78 is 11.9. The van der Waals surface area contributed by atoms with E-state index < -0.39 is 5.60 Å². The number of rotatable bonds is 9. The van der Waals surface area contributed by atoms with Crippen molar-refractivity contribution in [3.05, 3.63) is 30.5 Å². The highest BCUT2D eigenvalue weighted by atomic mass is 16.5. The van der Waals surface area contributed by atoms with Crippen molar-refractivity contribution in [3.63, 3.8) is 0 Å². The van der Waals surface area contributed by atoms with Gasteiger partial charge in [0.05, 0.1) is 12.3 Å². The van der Waals surface area contributed by atoms with Crippen LogP contribution in [0.3, 0.4) is 0 Å².